The summed E-state index contributed by atoms with van der Waals surface area (Å²) < 4.78 is 0. The van der Waals surface area contributed by atoms with Gasteiger partial charge in [-0.2, -0.15) is 0 Å². The molecule has 1 aliphatic rings. The van der Waals surface area contributed by atoms with E-state index in [0.717, 1.165) is 19.5 Å². The lowest BCUT2D eigenvalue weighted by molar-refractivity contribution is -0.134. The third-order valence-electron chi connectivity index (χ3n) is 4.44. The van der Waals surface area contributed by atoms with Crippen molar-refractivity contribution in [1.29, 1.82) is 0 Å². The van der Waals surface area contributed by atoms with E-state index in [2.05, 4.69) is 44.5 Å². The van der Waals surface area contributed by atoms with E-state index in [9.17, 15) is 4.79 Å². The molecule has 0 saturated carbocycles. The first-order valence-corrected chi connectivity index (χ1v) is 7.23. The smallest absolute Gasteiger partial charge is 0.156 e. The normalized spacial score (nSPS) is 25.9. The molecule has 1 rings (SSSR count). The molecule has 0 radical (unpaired) electrons. The molecule has 0 aromatic rings. The third kappa shape index (κ3) is 2.77. The minimum Gasteiger partial charge on any atom is -0.299 e. The summed E-state index contributed by atoms with van der Waals surface area (Å²) in [5, 5.41) is 0. The molecule has 1 aliphatic heterocycles. The number of carbonyl (C=O) groups excluding carboxylic acids is 1. The van der Waals surface area contributed by atoms with Crippen molar-refractivity contribution in [1.82, 2.24) is 9.80 Å². The van der Waals surface area contributed by atoms with E-state index in [4.69, 9.17) is 0 Å². The summed E-state index contributed by atoms with van der Waals surface area (Å²) in [7, 11) is 2.11. The van der Waals surface area contributed by atoms with Gasteiger partial charge in [0.2, 0.25) is 0 Å². The fraction of sp³-hybridized carbons (Fsp3) is 0.933. The standard InChI is InChI=1S/C15H30N2O/c1-11(2)14(18)15(16(7)12(3)4)8-9-17(10-15)13(5)6/h11-13H,8-10H2,1-7H3. The number of nitrogens with zero attached hydrogens (tertiary/aromatic N) is 2. The van der Waals surface area contributed by atoms with Crippen molar-refractivity contribution in [2.45, 2.75) is 65.6 Å². The Hall–Kier alpha value is -0.410. The summed E-state index contributed by atoms with van der Waals surface area (Å²) in [6.45, 7) is 14.7. The van der Waals surface area contributed by atoms with E-state index in [1.165, 1.54) is 0 Å². The summed E-state index contributed by atoms with van der Waals surface area (Å²) in [6, 6.07) is 0.923. The van der Waals surface area contributed by atoms with Gasteiger partial charge >= 0.3 is 0 Å². The van der Waals surface area contributed by atoms with Gasteiger partial charge in [-0.05, 0) is 41.2 Å². The van der Waals surface area contributed by atoms with Crippen LogP contribution in [0, 0.1) is 5.92 Å². The van der Waals surface area contributed by atoms with Gasteiger partial charge in [0.05, 0.1) is 5.54 Å². The maximum atomic E-state index is 12.7. The van der Waals surface area contributed by atoms with Crippen molar-refractivity contribution in [2.75, 3.05) is 20.1 Å². The molecule has 0 spiro atoms. The molecule has 1 unspecified atom stereocenters. The van der Waals surface area contributed by atoms with Crippen LogP contribution in [0.3, 0.4) is 0 Å². The number of ketones is 1. The van der Waals surface area contributed by atoms with Crippen LogP contribution in [0.25, 0.3) is 0 Å². The molecule has 1 heterocycles. The lowest BCUT2D eigenvalue weighted by Gasteiger charge is -2.41. The van der Waals surface area contributed by atoms with Crippen molar-refractivity contribution in [2.24, 2.45) is 5.92 Å². The van der Waals surface area contributed by atoms with E-state index in [1.807, 2.05) is 13.8 Å². The molecule has 1 saturated heterocycles. The summed E-state index contributed by atoms with van der Waals surface area (Å²) in [5.74, 6) is 0.514. The van der Waals surface area contributed by atoms with Gasteiger partial charge in [-0.3, -0.25) is 14.6 Å². The minimum absolute atomic E-state index is 0.110. The van der Waals surface area contributed by atoms with Crippen LogP contribution >= 0.6 is 0 Å². The number of Topliss-reactive ketones (excluding diaryl/α,β-unsaturated/α-hetero) is 1. The maximum Gasteiger partial charge on any atom is 0.156 e. The van der Waals surface area contributed by atoms with E-state index in [0.29, 0.717) is 17.9 Å². The van der Waals surface area contributed by atoms with Gasteiger partial charge in [-0.25, -0.2) is 0 Å². The first kappa shape index (κ1) is 15.6. The number of likely N-dealkylation sites (tertiary alicyclic amines) is 1. The van der Waals surface area contributed by atoms with Crippen LogP contribution in [0.4, 0.5) is 0 Å². The second kappa shape index (κ2) is 5.70. The predicted octanol–water partition coefficient (Wildman–Crippen LogP) is 2.40. The molecule has 0 aliphatic carbocycles. The molecule has 3 heteroatoms. The molecule has 0 aromatic heterocycles. The Morgan fingerprint density at radius 3 is 2.06 bits per heavy atom. The summed E-state index contributed by atoms with van der Waals surface area (Å²) >= 11 is 0. The van der Waals surface area contributed by atoms with Crippen LogP contribution in [0.1, 0.15) is 48.0 Å². The molecule has 0 N–H and O–H groups in total. The van der Waals surface area contributed by atoms with Crippen LogP contribution in [0.5, 0.6) is 0 Å². The minimum atomic E-state index is -0.271. The molecular weight excluding hydrogens is 224 g/mol. The van der Waals surface area contributed by atoms with Crippen molar-refractivity contribution in [3.63, 3.8) is 0 Å². The molecule has 18 heavy (non-hydrogen) atoms. The highest BCUT2D eigenvalue weighted by molar-refractivity contribution is 5.90. The maximum absolute atomic E-state index is 12.7. The van der Waals surface area contributed by atoms with Gasteiger partial charge in [0.1, 0.15) is 0 Å². The highest BCUT2D eigenvalue weighted by atomic mass is 16.1. The van der Waals surface area contributed by atoms with Gasteiger partial charge in [-0.1, -0.05) is 13.8 Å². The molecular formula is C15H30N2O. The van der Waals surface area contributed by atoms with Crippen molar-refractivity contribution < 1.29 is 4.79 Å². The Labute approximate surface area is 113 Å². The molecule has 106 valence electrons. The van der Waals surface area contributed by atoms with E-state index in [1.54, 1.807) is 0 Å². The number of hydrogen-bond acceptors (Lipinski definition) is 3. The average molecular weight is 254 g/mol. The topological polar surface area (TPSA) is 23.6 Å². The Morgan fingerprint density at radius 2 is 1.72 bits per heavy atom. The Morgan fingerprint density at radius 1 is 1.17 bits per heavy atom. The van der Waals surface area contributed by atoms with Gasteiger partial charge in [0.15, 0.2) is 5.78 Å². The Bertz CT molecular complexity index is 299. The quantitative estimate of drug-likeness (QED) is 0.753. The molecule has 0 amide bonds. The highest BCUT2D eigenvalue weighted by Gasteiger charge is 2.49. The second-order valence-electron chi connectivity index (χ2n) is 6.57. The number of likely N-dealkylation sites (N-methyl/N-ethyl adjacent to an activating group) is 1. The highest BCUT2D eigenvalue weighted by Crippen LogP contribution is 2.33. The predicted molar refractivity (Wildman–Crippen MR) is 76.8 cm³/mol. The summed E-state index contributed by atoms with van der Waals surface area (Å²) in [4.78, 5) is 17.4. The van der Waals surface area contributed by atoms with Crippen LogP contribution in [-0.4, -0.2) is 53.3 Å². The lowest BCUT2D eigenvalue weighted by atomic mass is 9.84. The van der Waals surface area contributed by atoms with Gasteiger partial charge in [-0.15, -0.1) is 0 Å². The van der Waals surface area contributed by atoms with Gasteiger partial charge in [0.25, 0.3) is 0 Å². The Balaban J connectivity index is 3.01. The van der Waals surface area contributed by atoms with Crippen LogP contribution in [0.2, 0.25) is 0 Å². The summed E-state index contributed by atoms with van der Waals surface area (Å²) in [5.41, 5.74) is -0.271. The van der Waals surface area contributed by atoms with Crippen molar-refractivity contribution in [3.8, 4) is 0 Å². The second-order valence-corrected chi connectivity index (χ2v) is 6.57. The fourth-order valence-corrected chi connectivity index (χ4v) is 2.96. The zero-order chi connectivity index (χ0) is 14.1. The number of carbonyl (C=O) groups is 1. The van der Waals surface area contributed by atoms with Crippen LogP contribution in [-0.2, 0) is 4.79 Å². The first-order valence-electron chi connectivity index (χ1n) is 7.23. The SMILES string of the molecule is CC(C)C(=O)C1(N(C)C(C)C)CCN(C(C)C)C1. The monoisotopic (exact) mass is 254 g/mol. The van der Waals surface area contributed by atoms with Gasteiger partial charge in [0, 0.05) is 31.1 Å². The third-order valence-corrected chi connectivity index (χ3v) is 4.44. The molecule has 0 aromatic carbocycles. The lowest BCUT2D eigenvalue weighted by Crippen LogP contribution is -2.58. The number of rotatable bonds is 5. The largest absolute Gasteiger partial charge is 0.299 e. The van der Waals surface area contributed by atoms with E-state index >= 15 is 0 Å². The Kier molecular flexibility index (Phi) is 4.96. The van der Waals surface area contributed by atoms with Crippen LogP contribution in [0.15, 0.2) is 0 Å². The summed E-state index contributed by atoms with van der Waals surface area (Å²) in [6.07, 6.45) is 0.969. The molecule has 3 nitrogen and oxygen atoms in total. The van der Waals surface area contributed by atoms with Gasteiger partial charge < -0.3 is 0 Å². The zero-order valence-corrected chi connectivity index (χ0v) is 13.2. The number of hydrogen-bond donors (Lipinski definition) is 0. The van der Waals surface area contributed by atoms with E-state index in [-0.39, 0.29) is 11.5 Å². The van der Waals surface area contributed by atoms with E-state index < -0.39 is 0 Å². The fourth-order valence-electron chi connectivity index (χ4n) is 2.96. The van der Waals surface area contributed by atoms with Crippen molar-refractivity contribution in [3.05, 3.63) is 0 Å². The zero-order valence-electron chi connectivity index (χ0n) is 13.2. The first-order chi connectivity index (χ1) is 8.22. The van der Waals surface area contributed by atoms with Crippen molar-refractivity contribution >= 4 is 5.78 Å². The molecule has 0 bridgehead atoms. The molecule has 1 atom stereocenters. The van der Waals surface area contributed by atoms with Crippen LogP contribution < -0.4 is 0 Å². The molecule has 1 fully saturated rings. The average Bonchev–Trinajstić information content (AvgIpc) is 2.72.